The van der Waals surface area contributed by atoms with Gasteiger partial charge in [0.1, 0.15) is 6.54 Å². The predicted molar refractivity (Wildman–Crippen MR) is 64.4 cm³/mol. The Bertz CT molecular complexity index is 418. The molecule has 0 saturated carbocycles. The van der Waals surface area contributed by atoms with Crippen molar-refractivity contribution in [1.82, 2.24) is 4.90 Å². The number of nitrogen functional groups attached to an aromatic ring is 1. The number of anilines is 1. The molecule has 1 aromatic carbocycles. The van der Waals surface area contributed by atoms with Crippen molar-refractivity contribution in [2.45, 2.75) is 6.92 Å². The van der Waals surface area contributed by atoms with E-state index in [0.29, 0.717) is 17.8 Å². The molecule has 0 heterocycles. The minimum Gasteiger partial charge on any atom is -0.468 e. The molecular formula is C12H16N2O3. The van der Waals surface area contributed by atoms with E-state index < -0.39 is 5.97 Å². The summed E-state index contributed by atoms with van der Waals surface area (Å²) in [4.78, 5) is 24.6. The van der Waals surface area contributed by atoms with Crippen LogP contribution in [0.4, 0.5) is 5.69 Å². The maximum absolute atomic E-state index is 12.1. The van der Waals surface area contributed by atoms with Gasteiger partial charge in [0.25, 0.3) is 5.91 Å². The fraction of sp³-hybridized carbons (Fsp3) is 0.333. The molecule has 2 N–H and O–H groups in total. The summed E-state index contributed by atoms with van der Waals surface area (Å²) in [5.41, 5.74) is 6.52. The summed E-state index contributed by atoms with van der Waals surface area (Å²) in [6.45, 7) is 2.14. The van der Waals surface area contributed by atoms with Crippen LogP contribution in [0.5, 0.6) is 0 Å². The van der Waals surface area contributed by atoms with E-state index in [2.05, 4.69) is 4.74 Å². The second-order valence-electron chi connectivity index (χ2n) is 3.48. The molecule has 0 bridgehead atoms. The maximum atomic E-state index is 12.1. The number of hydrogen-bond acceptors (Lipinski definition) is 4. The van der Waals surface area contributed by atoms with E-state index in [0.717, 1.165) is 0 Å². The van der Waals surface area contributed by atoms with Crippen LogP contribution in [-0.4, -0.2) is 37.0 Å². The highest BCUT2D eigenvalue weighted by molar-refractivity contribution is 6.00. The van der Waals surface area contributed by atoms with Crippen LogP contribution in [0.2, 0.25) is 0 Å². The van der Waals surface area contributed by atoms with Gasteiger partial charge in [-0.2, -0.15) is 0 Å². The molecule has 1 amide bonds. The highest BCUT2D eigenvalue weighted by atomic mass is 16.5. The second kappa shape index (κ2) is 5.89. The molecule has 0 atom stereocenters. The van der Waals surface area contributed by atoms with Crippen LogP contribution in [0.3, 0.4) is 0 Å². The van der Waals surface area contributed by atoms with Gasteiger partial charge in [-0.3, -0.25) is 9.59 Å². The van der Waals surface area contributed by atoms with Gasteiger partial charge in [-0.05, 0) is 19.1 Å². The molecular weight excluding hydrogens is 220 g/mol. The van der Waals surface area contributed by atoms with E-state index >= 15 is 0 Å². The fourth-order valence-electron chi connectivity index (χ4n) is 1.41. The molecule has 17 heavy (non-hydrogen) atoms. The Morgan fingerprint density at radius 3 is 2.53 bits per heavy atom. The molecule has 92 valence electrons. The second-order valence-corrected chi connectivity index (χ2v) is 3.48. The lowest BCUT2D eigenvalue weighted by molar-refractivity contribution is -0.141. The van der Waals surface area contributed by atoms with Crippen molar-refractivity contribution in [3.8, 4) is 0 Å². The first-order chi connectivity index (χ1) is 8.10. The summed E-state index contributed by atoms with van der Waals surface area (Å²) in [6.07, 6.45) is 0. The van der Waals surface area contributed by atoms with Gasteiger partial charge < -0.3 is 15.4 Å². The van der Waals surface area contributed by atoms with Crippen LogP contribution in [0.1, 0.15) is 17.3 Å². The SMILES string of the molecule is CCN(CC(=O)OC)C(=O)c1ccccc1N. The van der Waals surface area contributed by atoms with Gasteiger partial charge >= 0.3 is 5.97 Å². The van der Waals surface area contributed by atoms with Crippen LogP contribution < -0.4 is 5.73 Å². The molecule has 0 aliphatic rings. The topological polar surface area (TPSA) is 72.6 Å². The number of rotatable bonds is 4. The number of hydrogen-bond donors (Lipinski definition) is 1. The number of esters is 1. The van der Waals surface area contributed by atoms with Crippen molar-refractivity contribution < 1.29 is 14.3 Å². The minimum atomic E-state index is -0.449. The Balaban J connectivity index is 2.87. The summed E-state index contributed by atoms with van der Waals surface area (Å²) in [6, 6.07) is 6.77. The van der Waals surface area contributed by atoms with E-state index in [1.165, 1.54) is 12.0 Å². The van der Waals surface area contributed by atoms with Gasteiger partial charge in [-0.25, -0.2) is 0 Å². The number of amides is 1. The standard InChI is InChI=1S/C12H16N2O3/c1-3-14(8-11(15)17-2)12(16)9-6-4-5-7-10(9)13/h4-7H,3,8,13H2,1-2H3. The fourth-order valence-corrected chi connectivity index (χ4v) is 1.41. The first-order valence-electron chi connectivity index (χ1n) is 5.30. The molecule has 1 rings (SSSR count). The lowest BCUT2D eigenvalue weighted by Crippen LogP contribution is -2.36. The molecule has 0 fully saturated rings. The lowest BCUT2D eigenvalue weighted by Gasteiger charge is -2.20. The van der Waals surface area contributed by atoms with E-state index in [4.69, 9.17) is 5.73 Å². The smallest absolute Gasteiger partial charge is 0.325 e. The van der Waals surface area contributed by atoms with Crippen LogP contribution in [0, 0.1) is 0 Å². The van der Waals surface area contributed by atoms with Crippen LogP contribution >= 0.6 is 0 Å². The molecule has 5 heteroatoms. The summed E-state index contributed by atoms with van der Waals surface area (Å²) in [5, 5.41) is 0. The highest BCUT2D eigenvalue weighted by Crippen LogP contribution is 2.13. The quantitative estimate of drug-likeness (QED) is 0.622. The van der Waals surface area contributed by atoms with Crippen molar-refractivity contribution >= 4 is 17.6 Å². The molecule has 0 spiro atoms. The first-order valence-corrected chi connectivity index (χ1v) is 5.30. The predicted octanol–water partition coefficient (Wildman–Crippen LogP) is 0.904. The highest BCUT2D eigenvalue weighted by Gasteiger charge is 2.19. The lowest BCUT2D eigenvalue weighted by atomic mass is 10.1. The van der Waals surface area contributed by atoms with Gasteiger partial charge in [0.2, 0.25) is 0 Å². The Morgan fingerprint density at radius 2 is 2.00 bits per heavy atom. The summed E-state index contributed by atoms with van der Waals surface area (Å²) >= 11 is 0. The number of para-hydroxylation sites is 1. The van der Waals surface area contributed by atoms with Gasteiger partial charge in [-0.1, -0.05) is 12.1 Å². The number of methoxy groups -OCH3 is 1. The average Bonchev–Trinajstić information content (AvgIpc) is 2.35. The number of nitrogens with two attached hydrogens (primary N) is 1. The van der Waals surface area contributed by atoms with Crippen LogP contribution in [0.15, 0.2) is 24.3 Å². The van der Waals surface area contributed by atoms with Gasteiger partial charge in [0, 0.05) is 12.2 Å². The molecule has 0 saturated heterocycles. The Labute approximate surface area is 100 Å². The Morgan fingerprint density at radius 1 is 1.35 bits per heavy atom. The van der Waals surface area contributed by atoms with Crippen molar-refractivity contribution in [1.29, 1.82) is 0 Å². The summed E-state index contributed by atoms with van der Waals surface area (Å²) in [7, 11) is 1.29. The van der Waals surface area contributed by atoms with Gasteiger partial charge in [-0.15, -0.1) is 0 Å². The summed E-state index contributed by atoms with van der Waals surface area (Å²) in [5.74, 6) is -0.717. The zero-order valence-electron chi connectivity index (χ0n) is 9.97. The number of carbonyl (C=O) groups is 2. The third-order valence-electron chi connectivity index (χ3n) is 2.41. The van der Waals surface area contributed by atoms with E-state index in [9.17, 15) is 9.59 Å². The number of ether oxygens (including phenoxy) is 1. The van der Waals surface area contributed by atoms with Gasteiger partial charge in [0.05, 0.1) is 12.7 Å². The largest absolute Gasteiger partial charge is 0.468 e. The Kier molecular flexibility index (Phi) is 4.51. The van der Waals surface area contributed by atoms with Crippen molar-refractivity contribution in [3.63, 3.8) is 0 Å². The first kappa shape index (κ1) is 13.0. The van der Waals surface area contributed by atoms with E-state index in [1.54, 1.807) is 31.2 Å². The zero-order chi connectivity index (χ0) is 12.8. The molecule has 5 nitrogen and oxygen atoms in total. The molecule has 1 aromatic rings. The zero-order valence-corrected chi connectivity index (χ0v) is 9.97. The average molecular weight is 236 g/mol. The minimum absolute atomic E-state index is 0.0693. The number of likely N-dealkylation sites (N-methyl/N-ethyl adjacent to an activating group) is 1. The van der Waals surface area contributed by atoms with Gasteiger partial charge in [0.15, 0.2) is 0 Å². The normalized spacial score (nSPS) is 9.76. The number of nitrogens with zero attached hydrogens (tertiary/aromatic N) is 1. The number of carbonyl (C=O) groups excluding carboxylic acids is 2. The molecule has 0 aliphatic heterocycles. The Hall–Kier alpha value is -2.04. The molecule has 0 radical (unpaired) electrons. The molecule has 0 aromatic heterocycles. The van der Waals surface area contributed by atoms with Crippen LogP contribution in [-0.2, 0) is 9.53 Å². The van der Waals surface area contributed by atoms with E-state index in [1.807, 2.05) is 0 Å². The maximum Gasteiger partial charge on any atom is 0.325 e. The van der Waals surface area contributed by atoms with Crippen LogP contribution in [0.25, 0.3) is 0 Å². The third kappa shape index (κ3) is 3.21. The van der Waals surface area contributed by atoms with Crippen molar-refractivity contribution in [3.05, 3.63) is 29.8 Å². The monoisotopic (exact) mass is 236 g/mol. The van der Waals surface area contributed by atoms with E-state index in [-0.39, 0.29) is 12.5 Å². The molecule has 0 aliphatic carbocycles. The van der Waals surface area contributed by atoms with Crippen molar-refractivity contribution in [2.24, 2.45) is 0 Å². The number of benzene rings is 1. The summed E-state index contributed by atoms with van der Waals surface area (Å²) < 4.78 is 4.53. The van der Waals surface area contributed by atoms with Crippen molar-refractivity contribution in [2.75, 3.05) is 25.9 Å². The molecule has 0 unspecified atom stereocenters. The third-order valence-corrected chi connectivity index (χ3v) is 2.41.